The van der Waals surface area contributed by atoms with Crippen molar-refractivity contribution in [2.45, 2.75) is 264 Å². The molecule has 0 aliphatic carbocycles. The first-order valence-electron chi connectivity index (χ1n) is 23.3. The van der Waals surface area contributed by atoms with Crippen molar-refractivity contribution in [2.24, 2.45) is 0 Å². The molecule has 0 bridgehead atoms. The summed E-state index contributed by atoms with van der Waals surface area (Å²) in [5, 5.41) is 9.62. The molecule has 51 heavy (non-hydrogen) atoms. The van der Waals surface area contributed by atoms with Gasteiger partial charge < -0.3 is 14.6 Å². The number of esters is 1. The lowest BCUT2D eigenvalue weighted by atomic mass is 10.0. The average Bonchev–Trinajstić information content (AvgIpc) is 3.14. The van der Waals surface area contributed by atoms with Crippen molar-refractivity contribution >= 4 is 5.97 Å². The number of hydrogen-bond acceptors (Lipinski definition) is 4. The van der Waals surface area contributed by atoms with Crippen molar-refractivity contribution in [3.05, 3.63) is 12.2 Å². The molecule has 0 fully saturated rings. The second kappa shape index (κ2) is 45.3. The molecule has 0 rings (SSSR count). The van der Waals surface area contributed by atoms with Gasteiger partial charge in [0.1, 0.15) is 6.10 Å². The van der Waals surface area contributed by atoms with Gasteiger partial charge in [-0.15, -0.1) is 0 Å². The highest BCUT2D eigenvalue weighted by atomic mass is 16.6. The van der Waals surface area contributed by atoms with Gasteiger partial charge in [-0.05, 0) is 38.5 Å². The van der Waals surface area contributed by atoms with Gasteiger partial charge in [-0.3, -0.25) is 4.79 Å². The van der Waals surface area contributed by atoms with E-state index in [1.165, 1.54) is 218 Å². The van der Waals surface area contributed by atoms with Crippen molar-refractivity contribution in [2.75, 3.05) is 19.8 Å². The van der Waals surface area contributed by atoms with Crippen LogP contribution in [-0.4, -0.2) is 37.0 Å². The number of aliphatic hydroxyl groups excluding tert-OH is 1. The topological polar surface area (TPSA) is 55.8 Å². The fourth-order valence-corrected chi connectivity index (χ4v) is 7.09. The number of allylic oxidation sites excluding steroid dienone is 2. The molecule has 0 saturated carbocycles. The van der Waals surface area contributed by atoms with Crippen LogP contribution in [0.4, 0.5) is 0 Å². The molecule has 0 amide bonds. The molecule has 0 heterocycles. The molecule has 0 aliphatic heterocycles. The SMILES string of the molecule is CCCCCCCCC/C=C\CCCCCCCCCC(=O)OC(CO)COCCCCCCCCCCCCCCCCCCCCCCC. The summed E-state index contributed by atoms with van der Waals surface area (Å²) in [7, 11) is 0. The zero-order valence-electron chi connectivity index (χ0n) is 34.9. The minimum Gasteiger partial charge on any atom is -0.457 e. The summed E-state index contributed by atoms with van der Waals surface area (Å²) >= 11 is 0. The van der Waals surface area contributed by atoms with E-state index in [-0.39, 0.29) is 12.6 Å². The van der Waals surface area contributed by atoms with Crippen LogP contribution in [0.5, 0.6) is 0 Å². The van der Waals surface area contributed by atoms with E-state index >= 15 is 0 Å². The zero-order chi connectivity index (χ0) is 37.0. The number of hydrogen-bond donors (Lipinski definition) is 1. The van der Waals surface area contributed by atoms with Gasteiger partial charge in [0, 0.05) is 13.0 Å². The van der Waals surface area contributed by atoms with Gasteiger partial charge in [-0.2, -0.15) is 0 Å². The Bertz CT molecular complexity index is 677. The van der Waals surface area contributed by atoms with Gasteiger partial charge in [0.05, 0.1) is 13.2 Å². The molecule has 1 N–H and O–H groups in total. The molecule has 0 aliphatic rings. The lowest BCUT2D eigenvalue weighted by Gasteiger charge is -2.16. The summed E-state index contributed by atoms with van der Waals surface area (Å²) in [6.45, 7) is 5.39. The lowest BCUT2D eigenvalue weighted by molar-refractivity contribution is -0.154. The third kappa shape index (κ3) is 43.4. The number of unbranched alkanes of at least 4 members (excludes halogenated alkanes) is 34. The predicted octanol–water partition coefficient (Wildman–Crippen LogP) is 15.3. The molecule has 0 aromatic carbocycles. The second-order valence-electron chi connectivity index (χ2n) is 15.8. The highest BCUT2D eigenvalue weighted by molar-refractivity contribution is 5.69. The summed E-state index contributed by atoms with van der Waals surface area (Å²) in [6, 6.07) is 0. The van der Waals surface area contributed by atoms with Gasteiger partial charge in [-0.1, -0.05) is 225 Å². The number of rotatable bonds is 44. The largest absolute Gasteiger partial charge is 0.457 e. The molecule has 0 aromatic heterocycles. The highest BCUT2D eigenvalue weighted by Crippen LogP contribution is 2.16. The van der Waals surface area contributed by atoms with Gasteiger partial charge >= 0.3 is 5.97 Å². The first-order chi connectivity index (χ1) is 25.2. The molecule has 0 radical (unpaired) electrons. The molecule has 1 unspecified atom stereocenters. The summed E-state index contributed by atoms with van der Waals surface area (Å²) in [5.41, 5.74) is 0. The molecule has 0 aromatic rings. The fourth-order valence-electron chi connectivity index (χ4n) is 7.09. The smallest absolute Gasteiger partial charge is 0.306 e. The van der Waals surface area contributed by atoms with E-state index in [1.54, 1.807) is 0 Å². The van der Waals surface area contributed by atoms with E-state index in [9.17, 15) is 9.90 Å². The maximum absolute atomic E-state index is 12.2. The minimum absolute atomic E-state index is 0.167. The Balaban J connectivity index is 3.36. The van der Waals surface area contributed by atoms with E-state index in [0.29, 0.717) is 19.6 Å². The highest BCUT2D eigenvalue weighted by Gasteiger charge is 2.13. The van der Waals surface area contributed by atoms with Gasteiger partial charge in [0.2, 0.25) is 0 Å². The monoisotopic (exact) mass is 721 g/mol. The number of aliphatic hydroxyl groups is 1. The van der Waals surface area contributed by atoms with Crippen molar-refractivity contribution in [3.8, 4) is 0 Å². The maximum Gasteiger partial charge on any atom is 0.306 e. The molecule has 1 atom stereocenters. The summed E-state index contributed by atoms with van der Waals surface area (Å²) in [6.07, 6.45) is 54.3. The first kappa shape index (κ1) is 50.1. The Kier molecular flexibility index (Phi) is 44.5. The average molecular weight is 721 g/mol. The van der Waals surface area contributed by atoms with Crippen molar-refractivity contribution in [1.29, 1.82) is 0 Å². The Hall–Kier alpha value is -0.870. The van der Waals surface area contributed by atoms with Crippen LogP contribution in [0, 0.1) is 0 Å². The van der Waals surface area contributed by atoms with Crippen LogP contribution in [-0.2, 0) is 14.3 Å². The van der Waals surface area contributed by atoms with Gasteiger partial charge in [0.15, 0.2) is 0 Å². The van der Waals surface area contributed by atoms with E-state index < -0.39 is 6.10 Å². The van der Waals surface area contributed by atoms with E-state index in [0.717, 1.165) is 19.3 Å². The molecule has 304 valence electrons. The van der Waals surface area contributed by atoms with E-state index in [4.69, 9.17) is 9.47 Å². The van der Waals surface area contributed by atoms with E-state index in [2.05, 4.69) is 26.0 Å². The Morgan fingerprint density at radius 2 is 0.765 bits per heavy atom. The standard InChI is InChI=1S/C47H92O4/c1-3-5-7-9-11-13-15-17-19-21-23-24-25-27-29-31-33-35-37-39-41-43-50-45-46(44-48)51-47(49)42-40-38-36-34-32-30-28-26-22-20-18-16-14-12-10-8-6-4-2/h20,22,46,48H,3-19,21,23-45H2,1-2H3/b22-20-. The van der Waals surface area contributed by atoms with Crippen molar-refractivity contribution in [1.82, 2.24) is 0 Å². The number of carbonyl (C=O) groups excluding carboxylic acids is 1. The second-order valence-corrected chi connectivity index (χ2v) is 15.8. The maximum atomic E-state index is 12.2. The Labute approximate surface area is 320 Å². The van der Waals surface area contributed by atoms with Crippen LogP contribution in [0.2, 0.25) is 0 Å². The zero-order valence-corrected chi connectivity index (χ0v) is 34.9. The molecular formula is C47H92O4. The van der Waals surface area contributed by atoms with Crippen LogP contribution in [0.25, 0.3) is 0 Å². The fraction of sp³-hybridized carbons (Fsp3) is 0.936. The number of carbonyl (C=O) groups is 1. The molecular weight excluding hydrogens is 629 g/mol. The summed E-state index contributed by atoms with van der Waals surface area (Å²) in [4.78, 5) is 12.2. The Morgan fingerprint density at radius 1 is 0.451 bits per heavy atom. The number of ether oxygens (including phenoxy) is 2. The molecule has 0 spiro atoms. The third-order valence-corrected chi connectivity index (χ3v) is 10.6. The van der Waals surface area contributed by atoms with Gasteiger partial charge in [-0.25, -0.2) is 0 Å². The van der Waals surface area contributed by atoms with Crippen LogP contribution in [0.3, 0.4) is 0 Å². The molecule has 0 saturated heterocycles. The predicted molar refractivity (Wildman–Crippen MR) is 224 cm³/mol. The van der Waals surface area contributed by atoms with Crippen LogP contribution in [0.15, 0.2) is 12.2 Å². The molecule has 4 heteroatoms. The van der Waals surface area contributed by atoms with Crippen molar-refractivity contribution < 1.29 is 19.4 Å². The van der Waals surface area contributed by atoms with Crippen LogP contribution in [0.1, 0.15) is 258 Å². The molecule has 4 nitrogen and oxygen atoms in total. The van der Waals surface area contributed by atoms with Crippen LogP contribution < -0.4 is 0 Å². The quantitative estimate of drug-likeness (QED) is 0.0387. The van der Waals surface area contributed by atoms with Crippen molar-refractivity contribution in [3.63, 3.8) is 0 Å². The summed E-state index contributed by atoms with van der Waals surface area (Å²) in [5.74, 6) is -0.199. The lowest BCUT2D eigenvalue weighted by Crippen LogP contribution is -2.27. The van der Waals surface area contributed by atoms with E-state index in [1.807, 2.05) is 0 Å². The third-order valence-electron chi connectivity index (χ3n) is 10.6. The van der Waals surface area contributed by atoms with Crippen LogP contribution >= 0.6 is 0 Å². The minimum atomic E-state index is -0.531. The Morgan fingerprint density at radius 3 is 1.12 bits per heavy atom. The first-order valence-corrected chi connectivity index (χ1v) is 23.3. The summed E-state index contributed by atoms with van der Waals surface area (Å²) < 4.78 is 11.2. The van der Waals surface area contributed by atoms with Gasteiger partial charge in [0.25, 0.3) is 0 Å². The normalized spacial score (nSPS) is 12.3.